The normalized spacial score (nSPS) is 12.0. The minimum atomic E-state index is -0.997. The summed E-state index contributed by atoms with van der Waals surface area (Å²) in [6, 6.07) is 23.8. The van der Waals surface area contributed by atoms with Crippen molar-refractivity contribution in [3.63, 3.8) is 0 Å². The van der Waals surface area contributed by atoms with E-state index in [1.165, 1.54) is 7.11 Å². The highest BCUT2D eigenvalue weighted by atomic mass is 16.5. The fraction of sp³-hybridized carbons (Fsp3) is 0.226. The summed E-state index contributed by atoms with van der Waals surface area (Å²) in [5.41, 5.74) is 3.31. The van der Waals surface area contributed by atoms with Crippen molar-refractivity contribution in [2.24, 2.45) is 0 Å². The third-order valence-corrected chi connectivity index (χ3v) is 6.53. The van der Waals surface area contributed by atoms with Gasteiger partial charge in [0.25, 0.3) is 0 Å². The molecule has 42 heavy (non-hydrogen) atoms. The molecule has 11 nitrogen and oxygen atoms in total. The summed E-state index contributed by atoms with van der Waals surface area (Å²) in [7, 11) is 1.21. The number of aromatic nitrogens is 1. The Hall–Kier alpha value is -5.32. The molecule has 0 bridgehead atoms. The molecule has 0 aliphatic heterocycles. The molecule has 0 aliphatic rings. The molecule has 1 heterocycles. The van der Waals surface area contributed by atoms with Crippen molar-refractivity contribution < 1.29 is 28.7 Å². The van der Waals surface area contributed by atoms with Crippen LogP contribution in [0.1, 0.15) is 22.7 Å². The van der Waals surface area contributed by atoms with E-state index in [2.05, 4.69) is 31.0 Å². The fourth-order valence-electron chi connectivity index (χ4n) is 4.33. The number of carbonyl (C=O) groups excluding carboxylic acids is 4. The molecular weight excluding hydrogens is 538 g/mol. The number of rotatable bonds is 12. The molecule has 4 rings (SSSR count). The Balaban J connectivity index is 1.45. The highest BCUT2D eigenvalue weighted by Gasteiger charge is 2.25. The van der Waals surface area contributed by atoms with Gasteiger partial charge in [0.15, 0.2) is 0 Å². The van der Waals surface area contributed by atoms with Crippen LogP contribution in [0.15, 0.2) is 91.1 Å². The summed E-state index contributed by atoms with van der Waals surface area (Å²) in [6.45, 7) is -0.230. The summed E-state index contributed by atoms with van der Waals surface area (Å²) in [5, 5.41) is 11.6. The molecule has 0 radical (unpaired) electrons. The number of hydrogen-bond donors (Lipinski definition) is 5. The Morgan fingerprint density at radius 1 is 0.833 bits per heavy atom. The number of carbonyl (C=O) groups is 4. The van der Waals surface area contributed by atoms with Crippen LogP contribution < -0.4 is 21.3 Å². The van der Waals surface area contributed by atoms with Gasteiger partial charge in [-0.3, -0.25) is 9.59 Å². The lowest BCUT2D eigenvalue weighted by molar-refractivity contribution is -0.139. The predicted octanol–water partition coefficient (Wildman–Crippen LogP) is 3.34. The van der Waals surface area contributed by atoms with Crippen LogP contribution in [-0.2, 0) is 32.1 Å². The van der Waals surface area contributed by atoms with Gasteiger partial charge in [0.2, 0.25) is 5.91 Å². The standard InChI is InChI=1S/C31H33N5O6/c1-41-28(37)19-34-30(39)35-26(16-23-17-32-25-15-9-8-14-24(23)25)29(38)33-18-27(22-12-6-3-7-13-22)36-31(40)42-20-21-10-4-2-5-11-21/h2-15,17,26-27,32H,16,18-20H2,1H3,(H,33,38)(H,36,40)(H2,34,35,39)/t26-,27+/m1/s1. The van der Waals surface area contributed by atoms with Crippen LogP contribution >= 0.6 is 0 Å². The summed E-state index contributed by atoms with van der Waals surface area (Å²) in [6.07, 6.45) is 1.32. The second kappa shape index (κ2) is 14.9. The van der Waals surface area contributed by atoms with Crippen LogP contribution in [0.4, 0.5) is 9.59 Å². The van der Waals surface area contributed by atoms with E-state index < -0.39 is 36.1 Å². The first-order valence-electron chi connectivity index (χ1n) is 13.4. The second-order valence-corrected chi connectivity index (χ2v) is 9.43. The number of fused-ring (bicyclic) bond motifs is 1. The number of nitrogens with one attached hydrogen (secondary N) is 5. The fourth-order valence-corrected chi connectivity index (χ4v) is 4.33. The van der Waals surface area contributed by atoms with Gasteiger partial charge in [0.05, 0.1) is 13.2 Å². The topological polar surface area (TPSA) is 151 Å². The van der Waals surface area contributed by atoms with Crippen molar-refractivity contribution in [3.8, 4) is 0 Å². The SMILES string of the molecule is COC(=O)CNC(=O)N[C@H](Cc1c[nH]c2ccccc12)C(=O)NC[C@H](NC(=O)OCc1ccccc1)c1ccccc1. The molecule has 5 N–H and O–H groups in total. The van der Waals surface area contributed by atoms with Crippen LogP contribution in [0.3, 0.4) is 0 Å². The smallest absolute Gasteiger partial charge is 0.408 e. The average molecular weight is 572 g/mol. The lowest BCUT2D eigenvalue weighted by Gasteiger charge is -2.23. The van der Waals surface area contributed by atoms with Crippen LogP contribution in [0.5, 0.6) is 0 Å². The lowest BCUT2D eigenvalue weighted by atomic mass is 10.0. The molecule has 0 saturated carbocycles. The van der Waals surface area contributed by atoms with Crippen molar-refractivity contribution in [2.75, 3.05) is 20.2 Å². The Labute approximate surface area is 243 Å². The van der Waals surface area contributed by atoms with Crippen LogP contribution in [-0.4, -0.2) is 55.2 Å². The number of hydrogen-bond acceptors (Lipinski definition) is 6. The number of alkyl carbamates (subject to hydrolysis) is 1. The van der Waals surface area contributed by atoms with Crippen molar-refractivity contribution in [1.29, 1.82) is 0 Å². The Kier molecular flexibility index (Phi) is 10.5. The number of esters is 1. The van der Waals surface area contributed by atoms with Gasteiger partial charge in [0.1, 0.15) is 19.2 Å². The van der Waals surface area contributed by atoms with E-state index in [9.17, 15) is 19.2 Å². The molecule has 2 atom stereocenters. The number of para-hydroxylation sites is 1. The molecule has 1 aromatic heterocycles. The maximum Gasteiger partial charge on any atom is 0.408 e. The van der Waals surface area contributed by atoms with E-state index in [1.807, 2.05) is 84.9 Å². The van der Waals surface area contributed by atoms with E-state index >= 15 is 0 Å². The molecule has 0 spiro atoms. The van der Waals surface area contributed by atoms with E-state index in [0.29, 0.717) is 0 Å². The zero-order valence-electron chi connectivity index (χ0n) is 23.1. The highest BCUT2D eigenvalue weighted by Crippen LogP contribution is 2.19. The third kappa shape index (κ3) is 8.59. The third-order valence-electron chi connectivity index (χ3n) is 6.53. The van der Waals surface area contributed by atoms with E-state index in [0.717, 1.165) is 27.6 Å². The molecule has 0 saturated heterocycles. The second-order valence-electron chi connectivity index (χ2n) is 9.43. The van der Waals surface area contributed by atoms with Gasteiger partial charge in [-0.2, -0.15) is 0 Å². The van der Waals surface area contributed by atoms with E-state index in [4.69, 9.17) is 4.74 Å². The summed E-state index contributed by atoms with van der Waals surface area (Å²) in [5.74, 6) is -1.10. The molecule has 4 amide bonds. The van der Waals surface area contributed by atoms with Crippen LogP contribution in [0.2, 0.25) is 0 Å². The zero-order chi connectivity index (χ0) is 29.7. The van der Waals surface area contributed by atoms with Gasteiger partial charge in [0, 0.05) is 30.1 Å². The van der Waals surface area contributed by atoms with Crippen molar-refractivity contribution >= 4 is 34.9 Å². The predicted molar refractivity (Wildman–Crippen MR) is 156 cm³/mol. The van der Waals surface area contributed by atoms with Gasteiger partial charge in [-0.25, -0.2) is 9.59 Å². The van der Waals surface area contributed by atoms with Crippen LogP contribution in [0.25, 0.3) is 10.9 Å². The largest absolute Gasteiger partial charge is 0.468 e. The number of aromatic amines is 1. The lowest BCUT2D eigenvalue weighted by Crippen LogP contribution is -2.52. The number of methoxy groups -OCH3 is 1. The molecular formula is C31H33N5O6. The molecule has 11 heteroatoms. The van der Waals surface area contributed by atoms with Crippen molar-refractivity contribution in [2.45, 2.75) is 25.1 Å². The van der Waals surface area contributed by atoms with Gasteiger partial charge in [-0.15, -0.1) is 0 Å². The molecule has 0 fully saturated rings. The Morgan fingerprint density at radius 2 is 1.52 bits per heavy atom. The number of H-pyrrole nitrogens is 1. The monoisotopic (exact) mass is 571 g/mol. The number of ether oxygens (including phenoxy) is 2. The molecule has 0 aliphatic carbocycles. The number of urea groups is 1. The Morgan fingerprint density at radius 3 is 2.26 bits per heavy atom. The summed E-state index contributed by atoms with van der Waals surface area (Å²) >= 11 is 0. The van der Waals surface area contributed by atoms with Gasteiger partial charge >= 0.3 is 18.1 Å². The van der Waals surface area contributed by atoms with E-state index in [1.54, 1.807) is 6.20 Å². The van der Waals surface area contributed by atoms with Gasteiger partial charge in [-0.05, 0) is 22.8 Å². The van der Waals surface area contributed by atoms with Gasteiger partial charge < -0.3 is 35.7 Å². The maximum atomic E-state index is 13.5. The van der Waals surface area contributed by atoms with Gasteiger partial charge in [-0.1, -0.05) is 78.9 Å². The zero-order valence-corrected chi connectivity index (χ0v) is 23.1. The Bertz CT molecular complexity index is 1490. The molecule has 218 valence electrons. The maximum absolute atomic E-state index is 13.5. The van der Waals surface area contributed by atoms with E-state index in [-0.39, 0.29) is 26.1 Å². The molecule has 4 aromatic rings. The van der Waals surface area contributed by atoms with Crippen molar-refractivity contribution in [3.05, 3.63) is 108 Å². The first-order valence-corrected chi connectivity index (χ1v) is 13.4. The van der Waals surface area contributed by atoms with Crippen LogP contribution in [0, 0.1) is 0 Å². The molecule has 0 unspecified atom stereocenters. The quantitative estimate of drug-likeness (QED) is 0.165. The molecule has 3 aromatic carbocycles. The summed E-state index contributed by atoms with van der Waals surface area (Å²) < 4.78 is 9.94. The summed E-state index contributed by atoms with van der Waals surface area (Å²) in [4.78, 5) is 53.3. The first kappa shape index (κ1) is 29.7. The number of benzene rings is 3. The average Bonchev–Trinajstić information content (AvgIpc) is 3.44. The minimum Gasteiger partial charge on any atom is -0.468 e. The minimum absolute atomic E-state index is 0.0269. The van der Waals surface area contributed by atoms with Crippen molar-refractivity contribution in [1.82, 2.24) is 26.3 Å². The highest BCUT2D eigenvalue weighted by molar-refractivity contribution is 5.90. The number of amides is 4. The first-order chi connectivity index (χ1) is 20.4.